The fraction of sp³-hybridized carbons (Fsp3) is 0.350. The van der Waals surface area contributed by atoms with Crippen LogP contribution in [0.15, 0.2) is 48.5 Å². The van der Waals surface area contributed by atoms with Gasteiger partial charge in [0.15, 0.2) is 0 Å². The van der Waals surface area contributed by atoms with Crippen LogP contribution in [0.4, 0.5) is 0 Å². The molecule has 23 heavy (non-hydrogen) atoms. The average Bonchev–Trinajstić information content (AvgIpc) is 2.97. The molecule has 0 radical (unpaired) electrons. The first-order chi connectivity index (χ1) is 11.0. The Labute approximate surface area is 138 Å². The van der Waals surface area contributed by atoms with Gasteiger partial charge in [-0.25, -0.2) is 0 Å². The third-order valence-electron chi connectivity index (χ3n) is 4.41. The Morgan fingerprint density at radius 2 is 1.74 bits per heavy atom. The predicted octanol–water partition coefficient (Wildman–Crippen LogP) is 3.62. The molecule has 1 aliphatic rings. The van der Waals surface area contributed by atoms with E-state index in [1.54, 1.807) is 0 Å². The molecule has 0 fully saturated rings. The highest BCUT2D eigenvalue weighted by Gasteiger charge is 2.24. The molecule has 1 heterocycles. The average molecular weight is 308 g/mol. The number of amides is 1. The fourth-order valence-corrected chi connectivity index (χ4v) is 3.12. The van der Waals surface area contributed by atoms with E-state index < -0.39 is 0 Å². The summed E-state index contributed by atoms with van der Waals surface area (Å²) in [6.45, 7) is 5.59. The van der Waals surface area contributed by atoms with Crippen LogP contribution >= 0.6 is 0 Å². The van der Waals surface area contributed by atoms with Gasteiger partial charge in [-0.2, -0.15) is 0 Å². The lowest BCUT2D eigenvalue weighted by Crippen LogP contribution is -2.26. The summed E-state index contributed by atoms with van der Waals surface area (Å²) in [6, 6.07) is 16.4. The lowest BCUT2D eigenvalue weighted by atomic mass is 9.96. The van der Waals surface area contributed by atoms with E-state index >= 15 is 0 Å². The Balaban J connectivity index is 1.77. The van der Waals surface area contributed by atoms with E-state index in [4.69, 9.17) is 5.73 Å². The Bertz CT molecular complexity index is 694. The molecule has 2 N–H and O–H groups in total. The van der Waals surface area contributed by atoms with Crippen LogP contribution < -0.4 is 5.73 Å². The van der Waals surface area contributed by atoms with E-state index in [0.29, 0.717) is 18.9 Å². The molecule has 1 amide bonds. The first-order valence-electron chi connectivity index (χ1n) is 8.24. The van der Waals surface area contributed by atoms with Crippen LogP contribution in [-0.2, 0) is 17.9 Å². The molecule has 1 unspecified atom stereocenters. The van der Waals surface area contributed by atoms with Gasteiger partial charge in [0, 0.05) is 19.5 Å². The number of hydrogen-bond acceptors (Lipinski definition) is 2. The van der Waals surface area contributed by atoms with Gasteiger partial charge in [-0.15, -0.1) is 0 Å². The molecule has 0 spiro atoms. The van der Waals surface area contributed by atoms with Gasteiger partial charge in [0.1, 0.15) is 0 Å². The molecule has 3 nitrogen and oxygen atoms in total. The molecule has 2 aromatic rings. The predicted molar refractivity (Wildman–Crippen MR) is 92.6 cm³/mol. The van der Waals surface area contributed by atoms with E-state index in [9.17, 15) is 4.79 Å². The monoisotopic (exact) mass is 308 g/mol. The Morgan fingerprint density at radius 1 is 1.04 bits per heavy atom. The molecular formula is C20H24N2O. The van der Waals surface area contributed by atoms with Crippen molar-refractivity contribution in [2.75, 3.05) is 0 Å². The minimum absolute atomic E-state index is 0.123. The molecule has 0 saturated heterocycles. The van der Waals surface area contributed by atoms with E-state index in [-0.39, 0.29) is 11.9 Å². The van der Waals surface area contributed by atoms with E-state index in [2.05, 4.69) is 44.2 Å². The SMILES string of the molecule is CC(C)CC(=O)N1Cc2ccc(C(N)c3ccccc3)cc2C1. The second-order valence-electron chi connectivity index (χ2n) is 6.76. The van der Waals surface area contributed by atoms with Gasteiger partial charge in [0.25, 0.3) is 0 Å². The molecule has 1 atom stereocenters. The van der Waals surface area contributed by atoms with E-state index in [1.165, 1.54) is 11.1 Å². The number of hydrogen-bond donors (Lipinski definition) is 1. The zero-order valence-corrected chi connectivity index (χ0v) is 13.8. The summed E-state index contributed by atoms with van der Waals surface area (Å²) in [5, 5.41) is 0. The number of carbonyl (C=O) groups excluding carboxylic acids is 1. The van der Waals surface area contributed by atoms with Crippen LogP contribution in [0.1, 0.15) is 48.6 Å². The Hall–Kier alpha value is -2.13. The van der Waals surface area contributed by atoms with Crippen molar-refractivity contribution in [1.29, 1.82) is 0 Å². The van der Waals surface area contributed by atoms with Gasteiger partial charge >= 0.3 is 0 Å². The lowest BCUT2D eigenvalue weighted by molar-refractivity contribution is -0.132. The lowest BCUT2D eigenvalue weighted by Gasteiger charge is -2.16. The topological polar surface area (TPSA) is 46.3 Å². The maximum Gasteiger partial charge on any atom is 0.223 e. The van der Waals surface area contributed by atoms with Gasteiger partial charge in [-0.1, -0.05) is 62.4 Å². The highest BCUT2D eigenvalue weighted by atomic mass is 16.2. The second kappa shape index (κ2) is 6.55. The highest BCUT2D eigenvalue weighted by Crippen LogP contribution is 2.28. The van der Waals surface area contributed by atoms with Gasteiger partial charge in [-0.05, 0) is 28.2 Å². The Kier molecular flexibility index (Phi) is 4.49. The summed E-state index contributed by atoms with van der Waals surface area (Å²) in [7, 11) is 0. The summed E-state index contributed by atoms with van der Waals surface area (Å²) < 4.78 is 0. The van der Waals surface area contributed by atoms with Crippen molar-refractivity contribution < 1.29 is 4.79 Å². The molecule has 3 heteroatoms. The van der Waals surface area contributed by atoms with Gasteiger partial charge in [0.05, 0.1) is 6.04 Å². The molecule has 3 rings (SSSR count). The van der Waals surface area contributed by atoms with E-state index in [0.717, 1.165) is 17.7 Å². The number of nitrogens with two attached hydrogens (primary N) is 1. The maximum absolute atomic E-state index is 12.3. The van der Waals surface area contributed by atoms with Gasteiger partial charge in [0.2, 0.25) is 5.91 Å². The number of nitrogens with zero attached hydrogens (tertiary/aromatic N) is 1. The summed E-state index contributed by atoms with van der Waals surface area (Å²) in [4.78, 5) is 14.2. The standard InChI is InChI=1S/C20H24N2O/c1-14(2)10-19(23)22-12-17-9-8-16(11-18(17)13-22)20(21)15-6-4-3-5-7-15/h3-9,11,14,20H,10,12-13,21H2,1-2H3. The number of fused-ring (bicyclic) bond motifs is 1. The van der Waals surface area contributed by atoms with Gasteiger partial charge < -0.3 is 10.6 Å². The summed E-state index contributed by atoms with van der Waals surface area (Å²) >= 11 is 0. The molecule has 1 aliphatic heterocycles. The third-order valence-corrected chi connectivity index (χ3v) is 4.41. The zero-order valence-electron chi connectivity index (χ0n) is 13.8. The molecular weight excluding hydrogens is 284 g/mol. The van der Waals surface area contributed by atoms with Crippen molar-refractivity contribution in [3.05, 3.63) is 70.8 Å². The van der Waals surface area contributed by atoms with Crippen LogP contribution in [0.5, 0.6) is 0 Å². The van der Waals surface area contributed by atoms with Crippen molar-refractivity contribution in [2.45, 2.75) is 39.4 Å². The molecule has 120 valence electrons. The van der Waals surface area contributed by atoms with Crippen LogP contribution in [0, 0.1) is 5.92 Å². The normalized spacial score (nSPS) is 14.9. The summed E-state index contributed by atoms with van der Waals surface area (Å²) in [5.41, 5.74) is 11.1. The number of rotatable bonds is 4. The van der Waals surface area contributed by atoms with Gasteiger partial charge in [-0.3, -0.25) is 4.79 Å². The maximum atomic E-state index is 12.3. The minimum Gasteiger partial charge on any atom is -0.334 e. The third kappa shape index (κ3) is 3.45. The second-order valence-corrected chi connectivity index (χ2v) is 6.76. The summed E-state index contributed by atoms with van der Waals surface area (Å²) in [5.74, 6) is 0.637. The fourth-order valence-electron chi connectivity index (χ4n) is 3.12. The first-order valence-corrected chi connectivity index (χ1v) is 8.24. The zero-order chi connectivity index (χ0) is 16.4. The Morgan fingerprint density at radius 3 is 2.43 bits per heavy atom. The smallest absolute Gasteiger partial charge is 0.223 e. The first kappa shape index (κ1) is 15.8. The van der Waals surface area contributed by atoms with Crippen molar-refractivity contribution in [2.24, 2.45) is 11.7 Å². The number of benzene rings is 2. The van der Waals surface area contributed by atoms with Crippen LogP contribution in [0.3, 0.4) is 0 Å². The molecule has 0 aliphatic carbocycles. The highest BCUT2D eigenvalue weighted by molar-refractivity contribution is 5.77. The molecule has 0 aromatic heterocycles. The van der Waals surface area contributed by atoms with Crippen molar-refractivity contribution in [3.63, 3.8) is 0 Å². The quantitative estimate of drug-likeness (QED) is 0.937. The van der Waals surface area contributed by atoms with Crippen LogP contribution in [-0.4, -0.2) is 10.8 Å². The molecule has 0 saturated carbocycles. The minimum atomic E-state index is -0.123. The van der Waals surface area contributed by atoms with Crippen molar-refractivity contribution in [3.8, 4) is 0 Å². The van der Waals surface area contributed by atoms with Crippen LogP contribution in [0.2, 0.25) is 0 Å². The largest absolute Gasteiger partial charge is 0.334 e. The van der Waals surface area contributed by atoms with Crippen molar-refractivity contribution in [1.82, 2.24) is 4.90 Å². The number of carbonyl (C=O) groups is 1. The summed E-state index contributed by atoms with van der Waals surface area (Å²) in [6.07, 6.45) is 0.615. The van der Waals surface area contributed by atoms with E-state index in [1.807, 2.05) is 23.1 Å². The molecule has 0 bridgehead atoms. The van der Waals surface area contributed by atoms with Crippen LogP contribution in [0.25, 0.3) is 0 Å². The van der Waals surface area contributed by atoms with Crippen molar-refractivity contribution >= 4 is 5.91 Å². The molecule has 2 aromatic carbocycles.